The largest absolute Gasteiger partial charge is 0.370 e. The SMILES string of the molecule is CCCNc1nc(C2CC2)nc(N(C)C(C)CC)c1C. The van der Waals surface area contributed by atoms with Crippen LogP contribution in [0, 0.1) is 6.92 Å². The van der Waals surface area contributed by atoms with Crippen molar-refractivity contribution in [3.8, 4) is 0 Å². The van der Waals surface area contributed by atoms with Crippen LogP contribution < -0.4 is 10.2 Å². The summed E-state index contributed by atoms with van der Waals surface area (Å²) in [5, 5.41) is 3.46. The van der Waals surface area contributed by atoms with Crippen molar-refractivity contribution >= 4 is 11.6 Å². The van der Waals surface area contributed by atoms with Crippen LogP contribution in [0.4, 0.5) is 11.6 Å². The number of aromatic nitrogens is 2. The second-order valence-corrected chi connectivity index (χ2v) is 5.95. The maximum atomic E-state index is 4.85. The minimum Gasteiger partial charge on any atom is -0.370 e. The number of hydrogen-bond acceptors (Lipinski definition) is 4. The molecule has 1 aromatic heterocycles. The van der Waals surface area contributed by atoms with Gasteiger partial charge in [0.15, 0.2) is 0 Å². The highest BCUT2D eigenvalue weighted by molar-refractivity contribution is 5.59. The molecule has 1 heterocycles. The van der Waals surface area contributed by atoms with Gasteiger partial charge in [0.1, 0.15) is 17.5 Å². The first-order valence-electron chi connectivity index (χ1n) is 7.93. The molecule has 0 saturated heterocycles. The lowest BCUT2D eigenvalue weighted by Crippen LogP contribution is -2.30. The van der Waals surface area contributed by atoms with E-state index in [2.05, 4.69) is 45.0 Å². The summed E-state index contributed by atoms with van der Waals surface area (Å²) in [4.78, 5) is 11.9. The Morgan fingerprint density at radius 3 is 2.55 bits per heavy atom. The summed E-state index contributed by atoms with van der Waals surface area (Å²) < 4.78 is 0. The highest BCUT2D eigenvalue weighted by Gasteiger charge is 2.29. The molecule has 1 fully saturated rings. The first-order chi connectivity index (χ1) is 9.58. The smallest absolute Gasteiger partial charge is 0.137 e. The minimum atomic E-state index is 0.495. The maximum absolute atomic E-state index is 4.85. The van der Waals surface area contributed by atoms with Crippen molar-refractivity contribution < 1.29 is 0 Å². The molecule has 0 spiro atoms. The molecule has 4 nitrogen and oxygen atoms in total. The summed E-state index contributed by atoms with van der Waals surface area (Å²) >= 11 is 0. The lowest BCUT2D eigenvalue weighted by Gasteiger charge is -2.27. The van der Waals surface area contributed by atoms with Crippen LogP contribution in [-0.4, -0.2) is 29.6 Å². The van der Waals surface area contributed by atoms with Crippen LogP contribution in [0.2, 0.25) is 0 Å². The van der Waals surface area contributed by atoms with Gasteiger partial charge in [-0.25, -0.2) is 9.97 Å². The summed E-state index contributed by atoms with van der Waals surface area (Å²) in [6, 6.07) is 0.495. The number of nitrogens with zero attached hydrogens (tertiary/aromatic N) is 3. The van der Waals surface area contributed by atoms with E-state index in [1.165, 1.54) is 18.4 Å². The summed E-state index contributed by atoms with van der Waals surface area (Å²) in [6.07, 6.45) is 4.71. The second kappa shape index (κ2) is 6.42. The molecule has 1 aliphatic rings. The molecular formula is C16H28N4. The molecule has 0 aliphatic heterocycles. The lowest BCUT2D eigenvalue weighted by molar-refractivity contribution is 0.651. The van der Waals surface area contributed by atoms with Crippen LogP contribution in [0.3, 0.4) is 0 Å². The monoisotopic (exact) mass is 276 g/mol. The van der Waals surface area contributed by atoms with E-state index in [1.807, 2.05) is 0 Å². The van der Waals surface area contributed by atoms with Gasteiger partial charge in [-0.1, -0.05) is 13.8 Å². The zero-order valence-electron chi connectivity index (χ0n) is 13.5. The van der Waals surface area contributed by atoms with E-state index in [4.69, 9.17) is 9.97 Å². The Bertz CT molecular complexity index is 454. The Morgan fingerprint density at radius 2 is 2.00 bits per heavy atom. The topological polar surface area (TPSA) is 41.1 Å². The van der Waals surface area contributed by atoms with E-state index in [0.29, 0.717) is 12.0 Å². The van der Waals surface area contributed by atoms with Gasteiger partial charge in [0.2, 0.25) is 0 Å². The Hall–Kier alpha value is -1.32. The third kappa shape index (κ3) is 3.22. The molecule has 112 valence electrons. The van der Waals surface area contributed by atoms with Crippen molar-refractivity contribution in [3.63, 3.8) is 0 Å². The number of anilines is 2. The van der Waals surface area contributed by atoms with Gasteiger partial charge < -0.3 is 10.2 Å². The predicted molar refractivity (Wildman–Crippen MR) is 85.7 cm³/mol. The van der Waals surface area contributed by atoms with E-state index >= 15 is 0 Å². The Morgan fingerprint density at radius 1 is 1.30 bits per heavy atom. The van der Waals surface area contributed by atoms with Gasteiger partial charge in [-0.15, -0.1) is 0 Å². The molecule has 20 heavy (non-hydrogen) atoms. The third-order valence-electron chi connectivity index (χ3n) is 4.21. The van der Waals surface area contributed by atoms with Crippen molar-refractivity contribution in [3.05, 3.63) is 11.4 Å². The quantitative estimate of drug-likeness (QED) is 0.824. The molecular weight excluding hydrogens is 248 g/mol. The van der Waals surface area contributed by atoms with Gasteiger partial charge in [-0.3, -0.25) is 0 Å². The molecule has 0 amide bonds. The summed E-state index contributed by atoms with van der Waals surface area (Å²) in [6.45, 7) is 9.74. The number of hydrogen-bond donors (Lipinski definition) is 1. The van der Waals surface area contributed by atoms with Crippen LogP contribution in [-0.2, 0) is 0 Å². The molecule has 2 rings (SSSR count). The predicted octanol–water partition coefficient (Wildman–Crippen LogP) is 3.72. The Kier molecular flexibility index (Phi) is 4.84. The van der Waals surface area contributed by atoms with E-state index in [1.54, 1.807) is 0 Å². The average Bonchev–Trinajstić information content (AvgIpc) is 3.29. The zero-order chi connectivity index (χ0) is 14.7. The zero-order valence-corrected chi connectivity index (χ0v) is 13.5. The highest BCUT2D eigenvalue weighted by atomic mass is 15.2. The van der Waals surface area contributed by atoms with E-state index in [9.17, 15) is 0 Å². The van der Waals surface area contributed by atoms with Crippen LogP contribution in [0.25, 0.3) is 0 Å². The van der Waals surface area contributed by atoms with E-state index in [-0.39, 0.29) is 0 Å². The van der Waals surface area contributed by atoms with Crippen molar-refractivity contribution in [2.24, 2.45) is 0 Å². The van der Waals surface area contributed by atoms with Crippen LogP contribution in [0.1, 0.15) is 63.8 Å². The normalized spacial score (nSPS) is 16.1. The van der Waals surface area contributed by atoms with Crippen LogP contribution >= 0.6 is 0 Å². The molecule has 0 aromatic carbocycles. The van der Waals surface area contributed by atoms with Gasteiger partial charge in [-0.05, 0) is 39.5 Å². The Balaban J connectivity index is 2.35. The fourth-order valence-corrected chi connectivity index (χ4v) is 2.29. The van der Waals surface area contributed by atoms with Gasteiger partial charge in [0.25, 0.3) is 0 Å². The molecule has 0 bridgehead atoms. The second-order valence-electron chi connectivity index (χ2n) is 5.95. The number of rotatable bonds is 7. The van der Waals surface area contributed by atoms with Crippen molar-refractivity contribution in [2.75, 3.05) is 23.8 Å². The molecule has 1 saturated carbocycles. The van der Waals surface area contributed by atoms with Crippen LogP contribution in [0.5, 0.6) is 0 Å². The molecule has 4 heteroatoms. The third-order valence-corrected chi connectivity index (χ3v) is 4.21. The van der Waals surface area contributed by atoms with Gasteiger partial charge >= 0.3 is 0 Å². The number of nitrogens with one attached hydrogen (secondary N) is 1. The van der Waals surface area contributed by atoms with Gasteiger partial charge in [0, 0.05) is 31.1 Å². The average molecular weight is 276 g/mol. The van der Waals surface area contributed by atoms with Crippen molar-refractivity contribution in [1.29, 1.82) is 0 Å². The molecule has 1 atom stereocenters. The molecule has 0 radical (unpaired) electrons. The highest BCUT2D eigenvalue weighted by Crippen LogP contribution is 2.40. The molecule has 1 unspecified atom stereocenters. The van der Waals surface area contributed by atoms with E-state index < -0.39 is 0 Å². The van der Waals surface area contributed by atoms with Gasteiger partial charge in [-0.2, -0.15) is 0 Å². The van der Waals surface area contributed by atoms with Gasteiger partial charge in [0.05, 0.1) is 0 Å². The first kappa shape index (κ1) is 15.1. The molecule has 1 aromatic rings. The first-order valence-corrected chi connectivity index (χ1v) is 7.93. The fourth-order valence-electron chi connectivity index (χ4n) is 2.29. The Labute approximate surface area is 123 Å². The minimum absolute atomic E-state index is 0.495. The lowest BCUT2D eigenvalue weighted by atomic mass is 10.2. The maximum Gasteiger partial charge on any atom is 0.137 e. The fraction of sp³-hybridized carbons (Fsp3) is 0.750. The molecule has 1 N–H and O–H groups in total. The van der Waals surface area contributed by atoms with E-state index in [0.717, 1.165) is 36.8 Å². The van der Waals surface area contributed by atoms with Crippen LogP contribution in [0.15, 0.2) is 0 Å². The van der Waals surface area contributed by atoms with Crippen molar-refractivity contribution in [1.82, 2.24) is 9.97 Å². The molecule has 1 aliphatic carbocycles. The summed E-state index contributed by atoms with van der Waals surface area (Å²) in [5.74, 6) is 3.73. The summed E-state index contributed by atoms with van der Waals surface area (Å²) in [5.41, 5.74) is 1.17. The van der Waals surface area contributed by atoms with Crippen molar-refractivity contribution in [2.45, 2.75) is 65.3 Å². The summed E-state index contributed by atoms with van der Waals surface area (Å²) in [7, 11) is 2.14. The standard InChI is InChI=1S/C16H28N4/c1-6-10-17-14-12(4)16(20(5)11(3)7-2)19-15(18-14)13-8-9-13/h11,13H,6-10H2,1-5H3,(H,17,18,19).